The molecule has 24 heavy (non-hydrogen) atoms. The summed E-state index contributed by atoms with van der Waals surface area (Å²) in [5.41, 5.74) is 6.48. The fraction of sp³-hybridized carbons (Fsp3) is 0.294. The van der Waals surface area contributed by atoms with Gasteiger partial charge in [0, 0.05) is 17.7 Å². The molecule has 0 bridgehead atoms. The van der Waals surface area contributed by atoms with Gasteiger partial charge in [-0.1, -0.05) is 6.07 Å². The molecular weight excluding hydrogens is 331 g/mol. The number of benzene rings is 2. The maximum Gasteiger partial charge on any atom is 0.241 e. The van der Waals surface area contributed by atoms with E-state index in [9.17, 15) is 12.8 Å². The van der Waals surface area contributed by atoms with Crippen molar-refractivity contribution in [1.82, 2.24) is 4.72 Å². The van der Waals surface area contributed by atoms with E-state index in [1.165, 1.54) is 18.2 Å². The van der Waals surface area contributed by atoms with Crippen LogP contribution in [0, 0.1) is 5.82 Å². The Kier molecular flexibility index (Phi) is 4.01. The first-order chi connectivity index (χ1) is 11.2. The van der Waals surface area contributed by atoms with Crippen molar-refractivity contribution in [2.75, 3.05) is 5.73 Å². The molecule has 128 valence electrons. The molecule has 1 aliphatic rings. The van der Waals surface area contributed by atoms with Gasteiger partial charge in [0.1, 0.15) is 17.2 Å². The molecule has 0 radical (unpaired) electrons. The average Bonchev–Trinajstić information content (AvgIpc) is 2.47. The van der Waals surface area contributed by atoms with Crippen molar-refractivity contribution in [2.24, 2.45) is 0 Å². The summed E-state index contributed by atoms with van der Waals surface area (Å²) in [6.45, 7) is 3.77. The van der Waals surface area contributed by atoms with Gasteiger partial charge >= 0.3 is 0 Å². The smallest absolute Gasteiger partial charge is 0.241 e. The van der Waals surface area contributed by atoms with Crippen molar-refractivity contribution in [3.05, 3.63) is 53.8 Å². The summed E-state index contributed by atoms with van der Waals surface area (Å²) < 4.78 is 47.1. The molecule has 0 saturated carbocycles. The Morgan fingerprint density at radius 2 is 2.00 bits per heavy atom. The molecular formula is C17H19FN2O3S. The topological polar surface area (TPSA) is 81.4 Å². The van der Waals surface area contributed by atoms with E-state index in [0.717, 1.165) is 6.07 Å². The summed E-state index contributed by atoms with van der Waals surface area (Å²) >= 11 is 0. The van der Waals surface area contributed by atoms with Gasteiger partial charge in [0.25, 0.3) is 0 Å². The molecule has 3 N–H and O–H groups in total. The predicted octanol–water partition coefficient (Wildman–Crippen LogP) is 2.99. The van der Waals surface area contributed by atoms with Crippen LogP contribution < -0.4 is 15.2 Å². The zero-order valence-electron chi connectivity index (χ0n) is 13.4. The van der Waals surface area contributed by atoms with Gasteiger partial charge in [0.15, 0.2) is 0 Å². The Balaban J connectivity index is 1.99. The first kappa shape index (κ1) is 16.7. The number of nitrogen functional groups attached to an aromatic ring is 1. The Labute approximate surface area is 140 Å². The maximum absolute atomic E-state index is 13.4. The molecule has 0 aliphatic carbocycles. The van der Waals surface area contributed by atoms with Gasteiger partial charge < -0.3 is 10.5 Å². The molecule has 0 amide bonds. The van der Waals surface area contributed by atoms with Crippen molar-refractivity contribution in [1.29, 1.82) is 0 Å². The number of ether oxygens (including phenoxy) is 1. The predicted molar refractivity (Wildman–Crippen MR) is 89.6 cm³/mol. The van der Waals surface area contributed by atoms with E-state index in [2.05, 4.69) is 4.72 Å². The van der Waals surface area contributed by atoms with E-state index in [1.807, 2.05) is 13.8 Å². The average molecular weight is 350 g/mol. The molecule has 0 spiro atoms. The van der Waals surface area contributed by atoms with Crippen LogP contribution in [0.5, 0.6) is 5.75 Å². The normalized spacial score (nSPS) is 19.4. The van der Waals surface area contributed by atoms with Gasteiger partial charge in [-0.25, -0.2) is 17.5 Å². The van der Waals surface area contributed by atoms with Crippen LogP contribution in [0.25, 0.3) is 0 Å². The second kappa shape index (κ2) is 5.75. The third kappa shape index (κ3) is 3.37. The van der Waals surface area contributed by atoms with Crippen LogP contribution in [0.2, 0.25) is 0 Å². The van der Waals surface area contributed by atoms with E-state index in [4.69, 9.17) is 10.5 Å². The lowest BCUT2D eigenvalue weighted by Gasteiger charge is -2.37. The number of rotatable bonds is 3. The lowest BCUT2D eigenvalue weighted by atomic mass is 9.90. The van der Waals surface area contributed by atoms with Crippen LogP contribution in [-0.2, 0) is 10.0 Å². The molecule has 1 atom stereocenters. The molecule has 2 aromatic rings. The second-order valence-corrected chi connectivity index (χ2v) is 8.21. The number of sulfonamides is 1. The summed E-state index contributed by atoms with van der Waals surface area (Å²) in [5.74, 6) is -0.0118. The lowest BCUT2D eigenvalue weighted by Crippen LogP contribution is -2.41. The third-order valence-electron chi connectivity index (χ3n) is 3.90. The molecule has 3 rings (SSSR count). The highest BCUT2D eigenvalue weighted by Gasteiger charge is 2.36. The number of nitrogens with two attached hydrogens (primary N) is 1. The minimum absolute atomic E-state index is 0.114. The summed E-state index contributed by atoms with van der Waals surface area (Å²) in [6.07, 6.45) is 0.429. The Hall–Kier alpha value is -2.12. The fourth-order valence-electron chi connectivity index (χ4n) is 2.87. The van der Waals surface area contributed by atoms with Crippen molar-refractivity contribution in [3.8, 4) is 5.75 Å². The van der Waals surface area contributed by atoms with Gasteiger partial charge in [-0.05, 0) is 50.2 Å². The fourth-order valence-corrected chi connectivity index (χ4v) is 4.11. The van der Waals surface area contributed by atoms with Gasteiger partial charge in [0.05, 0.1) is 10.9 Å². The van der Waals surface area contributed by atoms with E-state index in [-0.39, 0.29) is 4.90 Å². The standard InChI is InChI=1S/C17H19FN2O3S/c1-17(2)10-15(14-9-12(19)6-7-16(14)23-17)20-24(21,22)13-5-3-4-11(18)8-13/h3-9,15,20H,10,19H2,1-2H3. The van der Waals surface area contributed by atoms with Crippen LogP contribution in [0.1, 0.15) is 31.9 Å². The van der Waals surface area contributed by atoms with Crippen LogP contribution in [-0.4, -0.2) is 14.0 Å². The van der Waals surface area contributed by atoms with Crippen molar-refractivity contribution >= 4 is 15.7 Å². The van der Waals surface area contributed by atoms with Crippen molar-refractivity contribution < 1.29 is 17.5 Å². The molecule has 0 fully saturated rings. The largest absolute Gasteiger partial charge is 0.487 e. The molecule has 1 aliphatic heterocycles. The molecule has 0 aromatic heterocycles. The van der Waals surface area contributed by atoms with Crippen molar-refractivity contribution in [2.45, 2.75) is 36.8 Å². The molecule has 0 saturated heterocycles. The van der Waals surface area contributed by atoms with Crippen LogP contribution in [0.3, 0.4) is 0 Å². The molecule has 1 unspecified atom stereocenters. The number of hydrogen-bond acceptors (Lipinski definition) is 4. The van der Waals surface area contributed by atoms with E-state index < -0.39 is 27.5 Å². The van der Waals surface area contributed by atoms with E-state index in [1.54, 1.807) is 18.2 Å². The zero-order valence-corrected chi connectivity index (χ0v) is 14.2. The maximum atomic E-state index is 13.4. The highest BCUT2D eigenvalue weighted by molar-refractivity contribution is 7.89. The number of nitrogens with one attached hydrogen (secondary N) is 1. The second-order valence-electron chi connectivity index (χ2n) is 6.49. The third-order valence-corrected chi connectivity index (χ3v) is 5.36. The number of anilines is 1. The molecule has 7 heteroatoms. The highest BCUT2D eigenvalue weighted by Crippen LogP contribution is 2.41. The van der Waals surface area contributed by atoms with Crippen LogP contribution in [0.15, 0.2) is 47.4 Å². The first-order valence-electron chi connectivity index (χ1n) is 7.53. The molecule has 5 nitrogen and oxygen atoms in total. The summed E-state index contributed by atoms with van der Waals surface area (Å²) in [4.78, 5) is -0.114. The molecule has 1 heterocycles. The van der Waals surface area contributed by atoms with Crippen LogP contribution in [0.4, 0.5) is 10.1 Å². The minimum Gasteiger partial charge on any atom is -0.487 e. The summed E-state index contributed by atoms with van der Waals surface area (Å²) in [6, 6.07) is 9.54. The van der Waals surface area contributed by atoms with Gasteiger partial charge in [-0.2, -0.15) is 0 Å². The van der Waals surface area contributed by atoms with Gasteiger partial charge in [0.2, 0.25) is 10.0 Å². The monoisotopic (exact) mass is 350 g/mol. The number of fused-ring (bicyclic) bond motifs is 1. The van der Waals surface area contributed by atoms with Gasteiger partial charge in [-0.3, -0.25) is 0 Å². The highest BCUT2D eigenvalue weighted by atomic mass is 32.2. The zero-order chi connectivity index (χ0) is 17.5. The van der Waals surface area contributed by atoms with Crippen LogP contribution >= 0.6 is 0 Å². The number of halogens is 1. The summed E-state index contributed by atoms with van der Waals surface area (Å²) in [7, 11) is -3.87. The minimum atomic E-state index is -3.87. The summed E-state index contributed by atoms with van der Waals surface area (Å²) in [5, 5.41) is 0. The Morgan fingerprint density at radius 3 is 2.71 bits per heavy atom. The van der Waals surface area contributed by atoms with Crippen molar-refractivity contribution in [3.63, 3.8) is 0 Å². The molecule has 2 aromatic carbocycles. The number of hydrogen-bond donors (Lipinski definition) is 2. The Bertz CT molecular complexity index is 881. The van der Waals surface area contributed by atoms with E-state index in [0.29, 0.717) is 23.4 Å². The lowest BCUT2D eigenvalue weighted by molar-refractivity contribution is 0.0702. The van der Waals surface area contributed by atoms with Gasteiger partial charge in [-0.15, -0.1) is 0 Å². The quantitative estimate of drug-likeness (QED) is 0.834. The first-order valence-corrected chi connectivity index (χ1v) is 9.01. The SMILES string of the molecule is CC1(C)CC(NS(=O)(=O)c2cccc(F)c2)c2cc(N)ccc2O1. The van der Waals surface area contributed by atoms with E-state index >= 15 is 0 Å². The Morgan fingerprint density at radius 1 is 1.25 bits per heavy atom.